The number of anilines is 1. The number of hydrogen-bond donors (Lipinski definition) is 0. The lowest BCUT2D eigenvalue weighted by Crippen LogP contribution is -2.31. The summed E-state index contributed by atoms with van der Waals surface area (Å²) in [4.78, 5) is 26.7. The van der Waals surface area contributed by atoms with Gasteiger partial charge in [-0.3, -0.25) is 9.59 Å². The van der Waals surface area contributed by atoms with Gasteiger partial charge in [-0.1, -0.05) is 23.7 Å². The zero-order chi connectivity index (χ0) is 19.0. The molecule has 0 atom stereocenters. The predicted octanol–water partition coefficient (Wildman–Crippen LogP) is 3.84. The Labute approximate surface area is 156 Å². The molecular weight excluding hydrogens is 354 g/mol. The average Bonchev–Trinajstić information content (AvgIpc) is 2.86. The Balaban J connectivity index is 2.05. The first kappa shape index (κ1) is 18.0. The van der Waals surface area contributed by atoms with Gasteiger partial charge in [0, 0.05) is 0 Å². The second-order valence-corrected chi connectivity index (χ2v) is 6.35. The maximum Gasteiger partial charge on any atom is 0.277 e. The molecule has 0 saturated carbocycles. The molecule has 0 aromatic heterocycles. The summed E-state index contributed by atoms with van der Waals surface area (Å²) in [6, 6.07) is 10.4. The minimum Gasteiger partial charge on any atom is -0.493 e. The largest absolute Gasteiger partial charge is 0.493 e. The second kappa shape index (κ2) is 6.84. The van der Waals surface area contributed by atoms with Crippen molar-refractivity contribution in [3.05, 3.63) is 58.1 Å². The van der Waals surface area contributed by atoms with Crippen molar-refractivity contribution in [1.82, 2.24) is 0 Å². The lowest BCUT2D eigenvalue weighted by molar-refractivity contribution is -0.119. The second-order valence-electron chi connectivity index (χ2n) is 5.97. The van der Waals surface area contributed by atoms with E-state index in [0.29, 0.717) is 22.7 Å². The molecule has 0 unspecified atom stereocenters. The highest BCUT2D eigenvalue weighted by Crippen LogP contribution is 2.38. The number of nitrogens with zero attached hydrogens (tertiary/aromatic N) is 1. The quantitative estimate of drug-likeness (QED) is 0.766. The van der Waals surface area contributed by atoms with Gasteiger partial charge >= 0.3 is 0 Å². The van der Waals surface area contributed by atoms with Crippen molar-refractivity contribution < 1.29 is 19.1 Å². The Morgan fingerprint density at radius 3 is 2.15 bits per heavy atom. The van der Waals surface area contributed by atoms with Crippen molar-refractivity contribution in [2.45, 2.75) is 13.8 Å². The van der Waals surface area contributed by atoms with E-state index in [1.807, 2.05) is 19.9 Å². The van der Waals surface area contributed by atoms with Crippen LogP contribution in [0.2, 0.25) is 0 Å². The van der Waals surface area contributed by atoms with Crippen LogP contribution >= 0.6 is 11.6 Å². The Hall–Kier alpha value is -2.79. The summed E-state index contributed by atoms with van der Waals surface area (Å²) in [5, 5.41) is -0.111. The van der Waals surface area contributed by atoms with Gasteiger partial charge in [0.15, 0.2) is 11.5 Å². The highest BCUT2D eigenvalue weighted by Gasteiger charge is 2.39. The maximum atomic E-state index is 13.0. The Bertz CT molecular complexity index is 949. The molecule has 5 nitrogen and oxygen atoms in total. The minimum atomic E-state index is -0.537. The summed E-state index contributed by atoms with van der Waals surface area (Å²) in [6.45, 7) is 3.89. The van der Waals surface area contributed by atoms with Crippen molar-refractivity contribution in [3.8, 4) is 11.5 Å². The van der Waals surface area contributed by atoms with Crippen molar-refractivity contribution in [1.29, 1.82) is 0 Å². The summed E-state index contributed by atoms with van der Waals surface area (Å²) >= 11 is 6.24. The van der Waals surface area contributed by atoms with Crippen molar-refractivity contribution in [2.75, 3.05) is 19.1 Å². The van der Waals surface area contributed by atoms with Gasteiger partial charge in [0.05, 0.1) is 25.5 Å². The molecule has 26 heavy (non-hydrogen) atoms. The molecule has 6 heteroatoms. The molecule has 1 heterocycles. The van der Waals surface area contributed by atoms with Gasteiger partial charge < -0.3 is 9.47 Å². The summed E-state index contributed by atoms with van der Waals surface area (Å²) in [5.74, 6) is -0.0252. The first-order chi connectivity index (χ1) is 12.4. The third-order valence-corrected chi connectivity index (χ3v) is 4.80. The standard InChI is InChI=1S/C20H18ClNO4/c1-11-5-7-14(9-12(11)2)22-19(23)17(18(21)20(22)24)13-6-8-15(25-3)16(10-13)26-4/h5-10H,1-4H3. The van der Waals surface area contributed by atoms with E-state index in [2.05, 4.69) is 0 Å². The first-order valence-corrected chi connectivity index (χ1v) is 8.35. The molecule has 134 valence electrons. The van der Waals surface area contributed by atoms with Crippen LogP contribution in [0.25, 0.3) is 5.57 Å². The molecule has 3 rings (SSSR count). The molecule has 0 saturated heterocycles. The van der Waals surface area contributed by atoms with E-state index < -0.39 is 11.8 Å². The number of halogens is 1. The number of aryl methyl sites for hydroxylation is 2. The van der Waals surface area contributed by atoms with E-state index in [1.165, 1.54) is 14.2 Å². The average molecular weight is 372 g/mol. The monoisotopic (exact) mass is 371 g/mol. The fraction of sp³-hybridized carbons (Fsp3) is 0.200. The van der Waals surface area contributed by atoms with E-state index in [1.54, 1.807) is 30.3 Å². The van der Waals surface area contributed by atoms with E-state index in [9.17, 15) is 9.59 Å². The lowest BCUT2D eigenvalue weighted by Gasteiger charge is -2.16. The molecule has 0 radical (unpaired) electrons. The van der Waals surface area contributed by atoms with Crippen molar-refractivity contribution in [3.63, 3.8) is 0 Å². The molecule has 0 N–H and O–H groups in total. The number of imide groups is 1. The zero-order valence-corrected chi connectivity index (χ0v) is 15.7. The molecule has 1 aliphatic rings. The first-order valence-electron chi connectivity index (χ1n) is 7.97. The molecule has 2 amide bonds. The summed E-state index contributed by atoms with van der Waals surface area (Å²) in [5.41, 5.74) is 3.20. The van der Waals surface area contributed by atoms with E-state index >= 15 is 0 Å². The van der Waals surface area contributed by atoms with Crippen LogP contribution in [0.3, 0.4) is 0 Å². The zero-order valence-electron chi connectivity index (χ0n) is 14.9. The number of carbonyl (C=O) groups is 2. The van der Waals surface area contributed by atoms with Gasteiger partial charge in [0.25, 0.3) is 11.8 Å². The van der Waals surface area contributed by atoms with Crippen LogP contribution < -0.4 is 14.4 Å². The van der Waals surface area contributed by atoms with Crippen LogP contribution in [0.4, 0.5) is 5.69 Å². The Morgan fingerprint density at radius 2 is 1.54 bits per heavy atom. The number of benzene rings is 2. The van der Waals surface area contributed by atoms with Crippen molar-refractivity contribution >= 4 is 34.7 Å². The van der Waals surface area contributed by atoms with Gasteiger partial charge in [-0.15, -0.1) is 0 Å². The Morgan fingerprint density at radius 1 is 0.846 bits per heavy atom. The van der Waals surface area contributed by atoms with Crippen LogP contribution in [0.5, 0.6) is 11.5 Å². The smallest absolute Gasteiger partial charge is 0.277 e. The minimum absolute atomic E-state index is 0.111. The van der Waals surface area contributed by atoms with Crippen LogP contribution in [-0.4, -0.2) is 26.0 Å². The SMILES string of the molecule is COc1ccc(C2=C(Cl)C(=O)N(c3ccc(C)c(C)c3)C2=O)cc1OC. The molecule has 2 aromatic carbocycles. The number of rotatable bonds is 4. The molecule has 2 aromatic rings. The fourth-order valence-corrected chi connectivity index (χ4v) is 3.12. The normalized spacial score (nSPS) is 14.3. The van der Waals surface area contributed by atoms with Crippen LogP contribution in [0.15, 0.2) is 41.4 Å². The van der Waals surface area contributed by atoms with Gasteiger partial charge in [0.2, 0.25) is 0 Å². The van der Waals surface area contributed by atoms with Crippen molar-refractivity contribution in [2.24, 2.45) is 0 Å². The van der Waals surface area contributed by atoms with Gasteiger partial charge in [-0.25, -0.2) is 4.90 Å². The third-order valence-electron chi connectivity index (χ3n) is 4.45. The highest BCUT2D eigenvalue weighted by atomic mass is 35.5. The predicted molar refractivity (Wildman–Crippen MR) is 101 cm³/mol. The number of ether oxygens (including phenoxy) is 2. The summed E-state index contributed by atoms with van der Waals surface area (Å²) in [6.07, 6.45) is 0. The molecule has 0 aliphatic carbocycles. The molecule has 0 fully saturated rings. The van der Waals surface area contributed by atoms with Gasteiger partial charge in [-0.2, -0.15) is 0 Å². The molecule has 0 spiro atoms. The fourth-order valence-electron chi connectivity index (χ4n) is 2.84. The summed E-state index contributed by atoms with van der Waals surface area (Å²) in [7, 11) is 3.02. The van der Waals surface area contributed by atoms with E-state index in [0.717, 1.165) is 16.0 Å². The molecular formula is C20H18ClNO4. The highest BCUT2D eigenvalue weighted by molar-refractivity contribution is 6.60. The number of carbonyl (C=O) groups excluding carboxylic acids is 2. The molecule has 0 bridgehead atoms. The van der Waals surface area contributed by atoms with E-state index in [4.69, 9.17) is 21.1 Å². The number of amides is 2. The molecule has 1 aliphatic heterocycles. The van der Waals surface area contributed by atoms with Crippen LogP contribution in [0.1, 0.15) is 16.7 Å². The van der Waals surface area contributed by atoms with E-state index in [-0.39, 0.29) is 10.6 Å². The topological polar surface area (TPSA) is 55.8 Å². The lowest BCUT2D eigenvalue weighted by atomic mass is 10.1. The number of methoxy groups -OCH3 is 2. The maximum absolute atomic E-state index is 13.0. The Kier molecular flexibility index (Phi) is 4.74. The summed E-state index contributed by atoms with van der Waals surface area (Å²) < 4.78 is 10.5. The third kappa shape index (κ3) is 2.84. The van der Waals surface area contributed by atoms with Gasteiger partial charge in [0.1, 0.15) is 5.03 Å². The van der Waals surface area contributed by atoms with Crippen LogP contribution in [-0.2, 0) is 9.59 Å². The van der Waals surface area contributed by atoms with Crippen LogP contribution in [0, 0.1) is 13.8 Å². The van der Waals surface area contributed by atoms with Gasteiger partial charge in [-0.05, 0) is 54.8 Å². The number of hydrogen-bond acceptors (Lipinski definition) is 4.